The molecule has 0 unspecified atom stereocenters. The predicted octanol–water partition coefficient (Wildman–Crippen LogP) is 2.91. The Labute approximate surface area is 161 Å². The monoisotopic (exact) mass is 382 g/mol. The van der Waals surface area contributed by atoms with Gasteiger partial charge in [-0.3, -0.25) is 4.79 Å². The van der Waals surface area contributed by atoms with Crippen LogP contribution in [0.4, 0.5) is 5.95 Å². The maximum absolute atomic E-state index is 12.2. The molecule has 0 saturated heterocycles. The van der Waals surface area contributed by atoms with Crippen molar-refractivity contribution < 1.29 is 4.79 Å². The Kier molecular flexibility index (Phi) is 5.24. The highest BCUT2D eigenvalue weighted by atomic mass is 32.2. The molecular formula is C19H22N6OS. The topological polar surface area (TPSA) is 98.2 Å². The molecular weight excluding hydrogens is 360 g/mol. The quantitative estimate of drug-likeness (QED) is 0.659. The highest BCUT2D eigenvalue weighted by Crippen LogP contribution is 2.24. The van der Waals surface area contributed by atoms with Gasteiger partial charge >= 0.3 is 0 Å². The van der Waals surface area contributed by atoms with E-state index in [-0.39, 0.29) is 11.7 Å². The molecule has 27 heavy (non-hydrogen) atoms. The van der Waals surface area contributed by atoms with Gasteiger partial charge in [-0.2, -0.15) is 0 Å². The Morgan fingerprint density at radius 1 is 1.19 bits per heavy atom. The molecule has 1 aliphatic rings. The van der Waals surface area contributed by atoms with Gasteiger partial charge in [0.15, 0.2) is 10.8 Å². The van der Waals surface area contributed by atoms with Crippen LogP contribution in [0.2, 0.25) is 0 Å². The van der Waals surface area contributed by atoms with Crippen LogP contribution in [0.3, 0.4) is 0 Å². The molecule has 1 fully saturated rings. The summed E-state index contributed by atoms with van der Waals surface area (Å²) in [6.45, 7) is 0. The van der Waals surface area contributed by atoms with E-state index in [1.165, 1.54) is 31.0 Å². The largest absolute Gasteiger partial charge is 0.369 e. The molecule has 2 heterocycles. The second-order valence-corrected chi connectivity index (χ2v) is 7.68. The summed E-state index contributed by atoms with van der Waals surface area (Å²) in [7, 11) is 0. The van der Waals surface area contributed by atoms with Gasteiger partial charge in [0.1, 0.15) is 0 Å². The lowest BCUT2D eigenvalue weighted by Crippen LogP contribution is -2.37. The molecule has 140 valence electrons. The van der Waals surface area contributed by atoms with Crippen LogP contribution in [0.15, 0.2) is 41.6 Å². The van der Waals surface area contributed by atoms with E-state index in [2.05, 4.69) is 20.5 Å². The van der Waals surface area contributed by atoms with Crippen LogP contribution in [0, 0.1) is 0 Å². The minimum absolute atomic E-state index is 0.0242. The molecule has 0 bridgehead atoms. The van der Waals surface area contributed by atoms with Crippen molar-refractivity contribution in [3.05, 3.63) is 36.4 Å². The fourth-order valence-electron chi connectivity index (χ4n) is 3.41. The fraction of sp³-hybridized carbons (Fsp3) is 0.368. The van der Waals surface area contributed by atoms with E-state index in [4.69, 9.17) is 5.73 Å². The predicted molar refractivity (Wildman–Crippen MR) is 106 cm³/mol. The summed E-state index contributed by atoms with van der Waals surface area (Å²) in [6, 6.07) is 12.0. The van der Waals surface area contributed by atoms with Gasteiger partial charge in [-0.1, -0.05) is 61.4 Å². The van der Waals surface area contributed by atoms with Crippen molar-refractivity contribution >= 4 is 29.3 Å². The summed E-state index contributed by atoms with van der Waals surface area (Å²) < 4.78 is 1.69. The van der Waals surface area contributed by atoms with Gasteiger partial charge in [0.05, 0.1) is 11.4 Å². The molecule has 0 radical (unpaired) electrons. The Balaban J connectivity index is 1.47. The maximum Gasteiger partial charge on any atom is 0.230 e. The molecule has 1 saturated carbocycles. The lowest BCUT2D eigenvalue weighted by Gasteiger charge is -2.22. The van der Waals surface area contributed by atoms with Crippen molar-refractivity contribution in [3.8, 4) is 11.3 Å². The molecule has 4 rings (SSSR count). The zero-order valence-corrected chi connectivity index (χ0v) is 15.8. The highest BCUT2D eigenvalue weighted by molar-refractivity contribution is 7.99. The summed E-state index contributed by atoms with van der Waals surface area (Å²) in [4.78, 5) is 16.7. The third-order valence-corrected chi connectivity index (χ3v) is 5.69. The number of nitrogens with two attached hydrogens (primary N) is 1. The van der Waals surface area contributed by atoms with E-state index >= 15 is 0 Å². The normalized spacial score (nSPS) is 15.1. The fourth-order valence-corrected chi connectivity index (χ4v) is 4.17. The average molecular weight is 382 g/mol. The number of amides is 1. The van der Waals surface area contributed by atoms with Crippen molar-refractivity contribution in [2.45, 2.75) is 43.3 Å². The Hall–Kier alpha value is -2.61. The summed E-state index contributed by atoms with van der Waals surface area (Å²) in [5, 5.41) is 12.1. The molecule has 0 atom stereocenters. The van der Waals surface area contributed by atoms with Crippen molar-refractivity contribution in [3.63, 3.8) is 0 Å². The molecule has 8 heteroatoms. The standard InChI is InChI=1S/C19H22N6OS/c20-18-22-15(13-7-3-1-4-8-13)11-16-23-24-19(25(16)18)27-12-17(26)21-14-9-5-2-6-10-14/h1,3-4,7-8,11,14H,2,5-6,9-10,12H2,(H2,20,22)(H,21,26). The van der Waals surface area contributed by atoms with E-state index in [0.717, 1.165) is 24.1 Å². The molecule has 1 aromatic carbocycles. The van der Waals surface area contributed by atoms with E-state index in [9.17, 15) is 4.79 Å². The Morgan fingerprint density at radius 3 is 2.74 bits per heavy atom. The summed E-state index contributed by atoms with van der Waals surface area (Å²) >= 11 is 1.33. The first kappa shape index (κ1) is 17.8. The van der Waals surface area contributed by atoms with Gasteiger partial charge in [-0.15, -0.1) is 10.2 Å². The molecule has 2 aromatic heterocycles. The van der Waals surface area contributed by atoms with E-state index in [1.807, 2.05) is 36.4 Å². The second-order valence-electron chi connectivity index (χ2n) is 6.73. The van der Waals surface area contributed by atoms with Crippen LogP contribution in [0.5, 0.6) is 0 Å². The number of aromatic nitrogens is 4. The lowest BCUT2D eigenvalue weighted by molar-refractivity contribution is -0.119. The number of anilines is 1. The van der Waals surface area contributed by atoms with E-state index in [0.29, 0.717) is 22.8 Å². The van der Waals surface area contributed by atoms with Crippen molar-refractivity contribution in [2.75, 3.05) is 11.5 Å². The number of rotatable bonds is 5. The Bertz CT molecular complexity index is 936. The minimum Gasteiger partial charge on any atom is -0.369 e. The molecule has 0 spiro atoms. The number of benzene rings is 1. The molecule has 0 aliphatic heterocycles. The molecule has 3 N–H and O–H groups in total. The lowest BCUT2D eigenvalue weighted by atomic mass is 9.95. The van der Waals surface area contributed by atoms with E-state index in [1.54, 1.807) is 4.40 Å². The van der Waals surface area contributed by atoms with E-state index < -0.39 is 0 Å². The van der Waals surface area contributed by atoms with Crippen LogP contribution in [0.25, 0.3) is 16.9 Å². The number of carbonyl (C=O) groups excluding carboxylic acids is 1. The van der Waals surface area contributed by atoms with Gasteiger partial charge in [0, 0.05) is 17.7 Å². The molecule has 7 nitrogen and oxygen atoms in total. The number of hydrogen-bond donors (Lipinski definition) is 2. The number of fused-ring (bicyclic) bond motifs is 1. The maximum atomic E-state index is 12.2. The van der Waals surface area contributed by atoms with Crippen molar-refractivity contribution in [1.82, 2.24) is 24.9 Å². The summed E-state index contributed by atoms with van der Waals surface area (Å²) in [5.74, 6) is 0.625. The molecule has 1 amide bonds. The minimum atomic E-state index is 0.0242. The first-order chi connectivity index (χ1) is 13.2. The summed E-state index contributed by atoms with van der Waals surface area (Å²) in [6.07, 6.45) is 5.80. The number of hydrogen-bond acceptors (Lipinski definition) is 6. The smallest absolute Gasteiger partial charge is 0.230 e. The van der Waals surface area contributed by atoms with Crippen LogP contribution in [-0.4, -0.2) is 37.3 Å². The number of nitrogens with zero attached hydrogens (tertiary/aromatic N) is 4. The SMILES string of the molecule is Nc1nc(-c2ccccc2)cc2nnc(SCC(=O)NC3CCCCC3)n12. The van der Waals surface area contributed by atoms with Gasteiger partial charge in [-0.25, -0.2) is 9.38 Å². The second kappa shape index (κ2) is 7.96. The van der Waals surface area contributed by atoms with Gasteiger partial charge < -0.3 is 11.1 Å². The number of thioether (sulfide) groups is 1. The van der Waals surface area contributed by atoms with Crippen molar-refractivity contribution in [2.24, 2.45) is 0 Å². The first-order valence-corrected chi connectivity index (χ1v) is 10.2. The van der Waals surface area contributed by atoms with Crippen molar-refractivity contribution in [1.29, 1.82) is 0 Å². The zero-order valence-electron chi connectivity index (χ0n) is 15.0. The third-order valence-electron chi connectivity index (χ3n) is 4.76. The first-order valence-electron chi connectivity index (χ1n) is 9.20. The number of nitrogen functional groups attached to an aromatic ring is 1. The number of nitrogens with one attached hydrogen (secondary N) is 1. The highest BCUT2D eigenvalue weighted by Gasteiger charge is 2.17. The van der Waals surface area contributed by atoms with Crippen LogP contribution in [-0.2, 0) is 4.79 Å². The number of carbonyl (C=O) groups is 1. The Morgan fingerprint density at radius 2 is 1.96 bits per heavy atom. The van der Waals surface area contributed by atoms with Gasteiger partial charge in [-0.05, 0) is 12.8 Å². The van der Waals surface area contributed by atoms with Crippen LogP contribution >= 0.6 is 11.8 Å². The zero-order chi connectivity index (χ0) is 18.6. The third kappa shape index (κ3) is 4.05. The van der Waals surface area contributed by atoms with Gasteiger partial charge in [0.25, 0.3) is 0 Å². The van der Waals surface area contributed by atoms with Crippen LogP contribution < -0.4 is 11.1 Å². The molecule has 3 aromatic rings. The molecule has 1 aliphatic carbocycles. The summed E-state index contributed by atoms with van der Waals surface area (Å²) in [5.41, 5.74) is 8.49. The van der Waals surface area contributed by atoms with Crippen LogP contribution in [0.1, 0.15) is 32.1 Å². The van der Waals surface area contributed by atoms with Gasteiger partial charge in [0.2, 0.25) is 11.9 Å². The average Bonchev–Trinajstić information content (AvgIpc) is 3.11.